The van der Waals surface area contributed by atoms with Gasteiger partial charge < -0.3 is 37.2 Å². The minimum Gasteiger partial charge on any atom is -1.00 e. The van der Waals surface area contributed by atoms with E-state index >= 15 is 0 Å². The molecular formula is C42H63Cl3Si4Ti. The van der Waals surface area contributed by atoms with Gasteiger partial charge in [-0.05, 0) is 74.9 Å². The molecule has 0 spiro atoms. The van der Waals surface area contributed by atoms with Crippen molar-refractivity contribution in [1.82, 2.24) is 0 Å². The predicted molar refractivity (Wildman–Crippen MR) is 222 cm³/mol. The summed E-state index contributed by atoms with van der Waals surface area (Å²) in [5.41, 5.74) is 14.9. The van der Waals surface area contributed by atoms with Crippen molar-refractivity contribution in [3.05, 3.63) is 92.0 Å². The molecule has 50 heavy (non-hydrogen) atoms. The van der Waals surface area contributed by atoms with Crippen LogP contribution in [-0.2, 0) is 21.7 Å². The zero-order valence-electron chi connectivity index (χ0n) is 34.6. The van der Waals surface area contributed by atoms with Crippen LogP contribution in [0.1, 0.15) is 55.6 Å². The monoisotopic (exact) mass is 832 g/mol. The van der Waals surface area contributed by atoms with E-state index in [0.717, 1.165) is 0 Å². The van der Waals surface area contributed by atoms with Gasteiger partial charge in [0.1, 0.15) is 8.07 Å². The standard InChI is InChI=1S/C42H63Si4.3ClH.Ti/c1-26-20-23-36(40(29(26)4)43(11,12)13)46(39-34(9)32(7)33(8)35(39)10,37-24-21-27(2)30(5)41(37)44(14,15)16)38-25-22-28(3)31(6)42(38)45(17,18)19;;;;/h20-25H,1-19H3;3*1H;/q-1;;;;+4/p-3. The maximum absolute atomic E-state index is 2.92. The number of benzene rings is 3. The van der Waals surface area contributed by atoms with Gasteiger partial charge in [-0.2, -0.15) is 22.3 Å². The van der Waals surface area contributed by atoms with E-state index in [-0.39, 0.29) is 58.9 Å². The van der Waals surface area contributed by atoms with E-state index in [1.807, 2.05) is 0 Å². The molecule has 0 aromatic heterocycles. The van der Waals surface area contributed by atoms with Gasteiger partial charge in [0.05, 0.1) is 24.2 Å². The minimum absolute atomic E-state index is 0. The van der Waals surface area contributed by atoms with E-state index < -0.39 is 32.3 Å². The largest absolute Gasteiger partial charge is 4.00 e. The molecule has 0 amide bonds. The molecule has 4 aromatic rings. The summed E-state index contributed by atoms with van der Waals surface area (Å²) in [6, 6.07) is 15.4. The van der Waals surface area contributed by atoms with E-state index in [0.29, 0.717) is 0 Å². The molecule has 0 radical (unpaired) electrons. The minimum atomic E-state index is -2.92. The molecule has 0 atom stereocenters. The van der Waals surface area contributed by atoms with Gasteiger partial charge in [0.2, 0.25) is 0 Å². The third kappa shape index (κ3) is 8.10. The van der Waals surface area contributed by atoms with Crippen LogP contribution >= 0.6 is 0 Å². The topological polar surface area (TPSA) is 0 Å². The van der Waals surface area contributed by atoms with Crippen LogP contribution in [0.4, 0.5) is 0 Å². The molecule has 0 heterocycles. The molecule has 4 aromatic carbocycles. The summed E-state index contributed by atoms with van der Waals surface area (Å²) in [5, 5.41) is 11.8. The van der Waals surface area contributed by atoms with Gasteiger partial charge >= 0.3 is 21.7 Å². The van der Waals surface area contributed by atoms with Gasteiger partial charge in [-0.3, -0.25) is 0 Å². The van der Waals surface area contributed by atoms with Crippen molar-refractivity contribution < 1.29 is 58.9 Å². The molecule has 0 aliphatic heterocycles. The van der Waals surface area contributed by atoms with Gasteiger partial charge in [-0.15, -0.1) is 5.19 Å². The SMILES string of the molecule is Cc1ccc([Si](c2ccc(C)c(C)c2[Si](C)(C)C)(c2ccc(C)c(C)c2[Si](C)(C)C)[c-]2c(C)c(C)c(C)c2C)c([Si](C)(C)C)c1C.[Cl-].[Cl-].[Cl-].[Ti+4]. The Morgan fingerprint density at radius 3 is 0.780 bits per heavy atom. The third-order valence-corrected chi connectivity index (χ3v) is 23.8. The van der Waals surface area contributed by atoms with E-state index in [1.165, 1.54) is 55.6 Å². The number of aryl methyl sites for hydroxylation is 3. The zero-order chi connectivity index (χ0) is 35.1. The smallest absolute Gasteiger partial charge is 1.00 e. The van der Waals surface area contributed by atoms with Crippen molar-refractivity contribution in [1.29, 1.82) is 0 Å². The Morgan fingerprint density at radius 1 is 0.360 bits per heavy atom. The van der Waals surface area contributed by atoms with Crippen LogP contribution in [-0.4, -0.2) is 32.3 Å². The number of rotatable bonds is 7. The van der Waals surface area contributed by atoms with Gasteiger partial charge in [0.15, 0.2) is 0 Å². The van der Waals surface area contributed by atoms with Crippen molar-refractivity contribution in [3.63, 3.8) is 0 Å². The van der Waals surface area contributed by atoms with Crippen molar-refractivity contribution in [2.45, 2.75) is 128 Å². The van der Waals surface area contributed by atoms with Gasteiger partial charge in [0, 0.05) is 0 Å². The van der Waals surface area contributed by atoms with Crippen LogP contribution in [0.25, 0.3) is 0 Å². The second kappa shape index (κ2) is 16.9. The molecule has 0 aliphatic rings. The molecular weight excluding hydrogens is 771 g/mol. The van der Waals surface area contributed by atoms with Gasteiger partial charge in [-0.25, -0.2) is 0 Å². The molecule has 0 saturated heterocycles. The maximum Gasteiger partial charge on any atom is 4.00 e. The van der Waals surface area contributed by atoms with Crippen LogP contribution in [0.15, 0.2) is 36.4 Å². The average Bonchev–Trinajstić information content (AvgIpc) is 3.10. The number of halogens is 3. The summed E-state index contributed by atoms with van der Waals surface area (Å²) in [6.07, 6.45) is 0. The van der Waals surface area contributed by atoms with Gasteiger partial charge in [-0.1, -0.05) is 154 Å². The van der Waals surface area contributed by atoms with E-state index in [1.54, 1.807) is 36.3 Å². The summed E-state index contributed by atoms with van der Waals surface area (Å²) in [5.74, 6) is 0. The fourth-order valence-corrected chi connectivity index (χ4v) is 26.5. The first-order valence-electron chi connectivity index (χ1n) is 17.5. The molecule has 4 rings (SSSR count). The summed E-state index contributed by atoms with van der Waals surface area (Å²) in [6.45, 7) is 47.4. The Morgan fingerprint density at radius 2 is 0.580 bits per heavy atom. The number of hydrogen-bond acceptors (Lipinski definition) is 0. The van der Waals surface area contributed by atoms with Crippen LogP contribution < -0.4 is 73.5 Å². The predicted octanol–water partition coefficient (Wildman–Crippen LogP) is -1.49. The summed E-state index contributed by atoms with van der Waals surface area (Å²) >= 11 is 0. The van der Waals surface area contributed by atoms with Crippen LogP contribution in [0, 0.1) is 69.2 Å². The first-order chi connectivity index (χ1) is 20.9. The summed E-state index contributed by atoms with van der Waals surface area (Å²) in [7, 11) is -8.39. The molecule has 0 unspecified atom stereocenters. The Kier molecular flexibility index (Phi) is 16.7. The second-order valence-electron chi connectivity index (χ2n) is 17.7. The summed E-state index contributed by atoms with van der Waals surface area (Å²) in [4.78, 5) is 0. The molecule has 0 N–H and O–H groups in total. The Balaban J connectivity index is 0.00000600. The van der Waals surface area contributed by atoms with Crippen molar-refractivity contribution in [2.24, 2.45) is 0 Å². The average molecular weight is 835 g/mol. The fourth-order valence-electron chi connectivity index (χ4n) is 8.91. The van der Waals surface area contributed by atoms with Crippen LogP contribution in [0.5, 0.6) is 0 Å². The number of hydrogen-bond donors (Lipinski definition) is 0. The van der Waals surface area contributed by atoms with E-state index in [4.69, 9.17) is 0 Å². The Labute approximate surface area is 345 Å². The van der Waals surface area contributed by atoms with Crippen molar-refractivity contribution in [2.75, 3.05) is 0 Å². The van der Waals surface area contributed by atoms with Crippen molar-refractivity contribution >= 4 is 68.6 Å². The van der Waals surface area contributed by atoms with Gasteiger partial charge in [0.25, 0.3) is 0 Å². The van der Waals surface area contributed by atoms with Crippen LogP contribution in [0.3, 0.4) is 0 Å². The quantitative estimate of drug-likeness (QED) is 0.121. The molecule has 8 heteroatoms. The fraction of sp³-hybridized carbons (Fsp3) is 0.452. The van der Waals surface area contributed by atoms with Crippen molar-refractivity contribution in [3.8, 4) is 0 Å². The normalized spacial score (nSPS) is 12.1. The molecule has 0 nitrogen and oxygen atoms in total. The molecule has 0 saturated carbocycles. The molecule has 0 fully saturated rings. The zero-order valence-corrected chi connectivity index (χ0v) is 42.4. The van der Waals surface area contributed by atoms with Crippen LogP contribution in [0.2, 0.25) is 58.9 Å². The Hall–Kier alpha value is -0.538. The molecule has 0 aliphatic carbocycles. The summed E-state index contributed by atoms with van der Waals surface area (Å²) < 4.78 is 0. The Bertz CT molecular complexity index is 1660. The first kappa shape index (κ1) is 49.5. The molecule has 0 bridgehead atoms. The third-order valence-electron chi connectivity index (χ3n) is 11.5. The maximum atomic E-state index is 2.64. The first-order valence-corrected chi connectivity index (χ1v) is 30.0. The molecule has 272 valence electrons. The second-order valence-corrected chi connectivity index (χ2v) is 36.3. The van der Waals surface area contributed by atoms with E-state index in [9.17, 15) is 0 Å². The van der Waals surface area contributed by atoms with E-state index in [2.05, 4.69) is 165 Å².